The van der Waals surface area contributed by atoms with E-state index in [2.05, 4.69) is 26.5 Å². The highest BCUT2D eigenvalue weighted by Gasteiger charge is 2.18. The fourth-order valence-electron chi connectivity index (χ4n) is 1.64. The summed E-state index contributed by atoms with van der Waals surface area (Å²) in [5.41, 5.74) is 2.77. The highest BCUT2D eigenvalue weighted by molar-refractivity contribution is 9.10. The molecule has 2 rings (SSSR count). The largest absolute Gasteiger partial charge is 0.282 e. The number of carbonyl (C=O) groups is 1. The van der Waals surface area contributed by atoms with Gasteiger partial charge < -0.3 is 0 Å². The predicted molar refractivity (Wildman–Crippen MR) is 82.3 cm³/mol. The number of amides is 1. The molecule has 2 aromatic rings. The smallest absolute Gasteiger partial charge is 0.267 e. The number of hydrogen-bond acceptors (Lipinski definition) is 4. The Morgan fingerprint density at radius 2 is 2.00 bits per heavy atom. The molecule has 106 valence electrons. The van der Waals surface area contributed by atoms with Crippen LogP contribution >= 0.6 is 15.9 Å². The zero-order valence-electron chi connectivity index (χ0n) is 10.7. The summed E-state index contributed by atoms with van der Waals surface area (Å²) in [6, 6.07) is 13.0. The van der Waals surface area contributed by atoms with E-state index in [1.165, 1.54) is 24.4 Å². The summed E-state index contributed by atoms with van der Waals surface area (Å²) < 4.78 is 0.886. The highest BCUT2D eigenvalue weighted by atomic mass is 79.9. The van der Waals surface area contributed by atoms with Gasteiger partial charge in [0.05, 0.1) is 11.1 Å². The first-order chi connectivity index (χ1) is 10.1. The number of hydrogen-bond donors (Lipinski definition) is 1. The summed E-state index contributed by atoms with van der Waals surface area (Å²) >= 11 is 3.32. The number of nitrogens with zero attached hydrogens (tertiary/aromatic N) is 2. The molecule has 0 fully saturated rings. The Hall–Kier alpha value is -2.54. The van der Waals surface area contributed by atoms with E-state index in [4.69, 9.17) is 0 Å². The van der Waals surface area contributed by atoms with E-state index in [0.29, 0.717) is 0 Å². The highest BCUT2D eigenvalue weighted by Crippen LogP contribution is 2.17. The van der Waals surface area contributed by atoms with Crippen LogP contribution in [0.4, 0.5) is 5.69 Å². The molecule has 7 heteroatoms. The van der Waals surface area contributed by atoms with Gasteiger partial charge in [0.25, 0.3) is 11.6 Å². The van der Waals surface area contributed by atoms with Crippen LogP contribution in [0.1, 0.15) is 15.9 Å². The summed E-state index contributed by atoms with van der Waals surface area (Å²) in [5.74, 6) is -0.631. The molecule has 21 heavy (non-hydrogen) atoms. The normalized spacial score (nSPS) is 10.5. The number of rotatable bonds is 4. The van der Waals surface area contributed by atoms with Gasteiger partial charge in [0.15, 0.2) is 0 Å². The van der Waals surface area contributed by atoms with Crippen molar-refractivity contribution in [1.29, 1.82) is 0 Å². The number of halogens is 1. The standard InChI is InChI=1S/C14H10BrN3O3/c15-11-5-3-4-10(8-11)9-16-17-14(19)12-6-1-2-7-13(12)18(20)21/h1-9H,(H,17,19). The Balaban J connectivity index is 2.11. The van der Waals surface area contributed by atoms with Crippen LogP contribution in [0, 0.1) is 10.1 Å². The van der Waals surface area contributed by atoms with Gasteiger partial charge >= 0.3 is 0 Å². The first kappa shape index (κ1) is 14.9. The number of carbonyl (C=O) groups excluding carboxylic acids is 1. The average molecular weight is 348 g/mol. The van der Waals surface area contributed by atoms with Gasteiger partial charge in [0.1, 0.15) is 5.56 Å². The Morgan fingerprint density at radius 1 is 1.24 bits per heavy atom. The second-order valence-electron chi connectivity index (χ2n) is 4.03. The lowest BCUT2D eigenvalue weighted by Crippen LogP contribution is -2.18. The maximum atomic E-state index is 11.9. The van der Waals surface area contributed by atoms with Crippen LogP contribution in [-0.4, -0.2) is 17.0 Å². The molecule has 0 atom stereocenters. The van der Waals surface area contributed by atoms with Gasteiger partial charge in [-0.15, -0.1) is 0 Å². The van der Waals surface area contributed by atoms with Crippen molar-refractivity contribution in [1.82, 2.24) is 5.43 Å². The molecule has 0 aromatic heterocycles. The molecule has 0 saturated carbocycles. The van der Waals surface area contributed by atoms with Crippen molar-refractivity contribution >= 4 is 33.7 Å². The molecular formula is C14H10BrN3O3. The third-order valence-corrected chi connectivity index (χ3v) is 3.07. The third kappa shape index (κ3) is 3.96. The zero-order chi connectivity index (χ0) is 15.2. The van der Waals surface area contributed by atoms with Crippen molar-refractivity contribution in [3.8, 4) is 0 Å². The molecule has 0 aliphatic heterocycles. The Kier molecular flexibility index (Phi) is 4.78. The van der Waals surface area contributed by atoms with Crippen LogP contribution in [0.25, 0.3) is 0 Å². The van der Waals surface area contributed by atoms with Crippen LogP contribution in [0.3, 0.4) is 0 Å². The Bertz CT molecular complexity index is 716. The number of para-hydroxylation sites is 1. The Morgan fingerprint density at radius 3 is 2.71 bits per heavy atom. The van der Waals surface area contributed by atoms with Gasteiger partial charge in [-0.1, -0.05) is 40.2 Å². The van der Waals surface area contributed by atoms with E-state index >= 15 is 0 Å². The average Bonchev–Trinajstić information content (AvgIpc) is 2.47. The van der Waals surface area contributed by atoms with Crippen LogP contribution in [0.15, 0.2) is 58.1 Å². The summed E-state index contributed by atoms with van der Waals surface area (Å²) in [6.45, 7) is 0. The maximum Gasteiger partial charge on any atom is 0.282 e. The first-order valence-electron chi connectivity index (χ1n) is 5.90. The molecular weight excluding hydrogens is 338 g/mol. The molecule has 0 aliphatic rings. The lowest BCUT2D eigenvalue weighted by Gasteiger charge is -2.01. The summed E-state index contributed by atoms with van der Waals surface area (Å²) in [4.78, 5) is 22.1. The minimum atomic E-state index is -0.631. The maximum absolute atomic E-state index is 11.9. The molecule has 0 radical (unpaired) electrons. The molecule has 0 heterocycles. The van der Waals surface area contributed by atoms with Gasteiger partial charge in [-0.25, -0.2) is 5.43 Å². The van der Waals surface area contributed by atoms with Gasteiger partial charge in [0, 0.05) is 10.5 Å². The molecule has 0 saturated heterocycles. The molecule has 0 unspecified atom stereocenters. The van der Waals surface area contributed by atoms with Crippen molar-refractivity contribution in [2.24, 2.45) is 5.10 Å². The molecule has 1 amide bonds. The summed E-state index contributed by atoms with van der Waals surface area (Å²) in [7, 11) is 0. The second-order valence-corrected chi connectivity index (χ2v) is 4.94. The van der Waals surface area contributed by atoms with E-state index < -0.39 is 10.8 Å². The van der Waals surface area contributed by atoms with Crippen LogP contribution in [-0.2, 0) is 0 Å². The predicted octanol–water partition coefficient (Wildman–Crippen LogP) is 3.12. The molecule has 2 aromatic carbocycles. The summed E-state index contributed by atoms with van der Waals surface area (Å²) in [6.07, 6.45) is 1.46. The van der Waals surface area contributed by atoms with E-state index in [0.717, 1.165) is 10.0 Å². The van der Waals surface area contributed by atoms with E-state index in [1.54, 1.807) is 6.07 Å². The van der Waals surface area contributed by atoms with Crippen molar-refractivity contribution < 1.29 is 9.72 Å². The van der Waals surface area contributed by atoms with E-state index in [9.17, 15) is 14.9 Å². The van der Waals surface area contributed by atoms with E-state index in [-0.39, 0.29) is 11.3 Å². The fraction of sp³-hybridized carbons (Fsp3) is 0. The zero-order valence-corrected chi connectivity index (χ0v) is 12.3. The minimum absolute atomic E-state index is 0.0334. The number of hydrazone groups is 1. The molecule has 1 N–H and O–H groups in total. The van der Waals surface area contributed by atoms with Gasteiger partial charge in [-0.2, -0.15) is 5.10 Å². The number of nitro benzene ring substituents is 1. The van der Waals surface area contributed by atoms with Crippen molar-refractivity contribution in [2.45, 2.75) is 0 Å². The number of nitrogens with one attached hydrogen (secondary N) is 1. The van der Waals surface area contributed by atoms with Crippen LogP contribution in [0.2, 0.25) is 0 Å². The molecule has 0 bridgehead atoms. The topological polar surface area (TPSA) is 84.6 Å². The van der Waals surface area contributed by atoms with Crippen LogP contribution in [0.5, 0.6) is 0 Å². The lowest BCUT2D eigenvalue weighted by molar-refractivity contribution is -0.385. The quantitative estimate of drug-likeness (QED) is 0.523. The van der Waals surface area contributed by atoms with Gasteiger partial charge in [-0.3, -0.25) is 14.9 Å². The lowest BCUT2D eigenvalue weighted by atomic mass is 10.2. The Labute approximate surface area is 128 Å². The van der Waals surface area contributed by atoms with Crippen LogP contribution < -0.4 is 5.43 Å². The minimum Gasteiger partial charge on any atom is -0.267 e. The first-order valence-corrected chi connectivity index (χ1v) is 6.69. The van der Waals surface area contributed by atoms with E-state index in [1.807, 2.05) is 24.3 Å². The van der Waals surface area contributed by atoms with Crippen molar-refractivity contribution in [3.63, 3.8) is 0 Å². The second kappa shape index (κ2) is 6.76. The van der Waals surface area contributed by atoms with Gasteiger partial charge in [0.2, 0.25) is 0 Å². The third-order valence-electron chi connectivity index (χ3n) is 2.57. The van der Waals surface area contributed by atoms with Crippen molar-refractivity contribution in [3.05, 3.63) is 74.2 Å². The molecule has 6 nitrogen and oxygen atoms in total. The van der Waals surface area contributed by atoms with Gasteiger partial charge in [-0.05, 0) is 23.8 Å². The number of nitro groups is 1. The molecule has 0 spiro atoms. The SMILES string of the molecule is O=C(NN=Cc1cccc(Br)c1)c1ccccc1[N+](=O)[O-]. The van der Waals surface area contributed by atoms with Crippen molar-refractivity contribution in [2.75, 3.05) is 0 Å². The molecule has 0 aliphatic carbocycles. The monoisotopic (exact) mass is 347 g/mol. The summed E-state index contributed by atoms with van der Waals surface area (Å²) in [5, 5.41) is 14.6. The number of benzene rings is 2. The fourth-order valence-corrected chi connectivity index (χ4v) is 2.05.